The molecule has 6 heteroatoms. The normalized spacial score (nSPS) is 19.4. The number of likely N-dealkylation sites (N-methyl/N-ethyl adjacent to an activating group) is 2. The predicted molar refractivity (Wildman–Crippen MR) is 180 cm³/mol. The Morgan fingerprint density at radius 3 is 2.14 bits per heavy atom. The maximum absolute atomic E-state index is 12.9. The van der Waals surface area contributed by atoms with Gasteiger partial charge in [-0.2, -0.15) is 0 Å². The highest BCUT2D eigenvalue weighted by atomic mass is 16.6. The quantitative estimate of drug-likeness (QED) is 0.280. The number of carbonyl (C=O) groups is 1. The summed E-state index contributed by atoms with van der Waals surface area (Å²) < 4.78 is 5.71. The van der Waals surface area contributed by atoms with Crippen molar-refractivity contribution in [2.45, 2.75) is 71.8 Å². The van der Waals surface area contributed by atoms with Gasteiger partial charge >= 0.3 is 6.09 Å². The SMILES string of the molecule is C[C@H]1CC=C(c2ccc(CCN(C)CC[C@H]3CCC(c4ccc(CCN(C)C)cc4)=NC3)cc2)N(C(=O)OC(C)(C)C)C1. The van der Waals surface area contributed by atoms with Gasteiger partial charge in [0.1, 0.15) is 5.60 Å². The third-order valence-corrected chi connectivity index (χ3v) is 8.53. The van der Waals surface area contributed by atoms with Gasteiger partial charge in [-0.3, -0.25) is 9.89 Å². The molecule has 0 saturated carbocycles. The molecule has 2 atom stereocenters. The molecular weight excluding hydrogens is 532 g/mol. The molecule has 43 heavy (non-hydrogen) atoms. The Morgan fingerprint density at radius 1 is 0.930 bits per heavy atom. The van der Waals surface area contributed by atoms with Gasteiger partial charge in [0.15, 0.2) is 0 Å². The van der Waals surface area contributed by atoms with Crippen molar-refractivity contribution < 1.29 is 9.53 Å². The van der Waals surface area contributed by atoms with Gasteiger partial charge in [0, 0.05) is 31.9 Å². The second-order valence-corrected chi connectivity index (χ2v) is 14.0. The number of rotatable bonds is 11. The molecular formula is C37H54N4O2. The van der Waals surface area contributed by atoms with E-state index in [1.54, 1.807) is 0 Å². The minimum atomic E-state index is -0.510. The van der Waals surface area contributed by atoms with Crippen LogP contribution in [-0.4, -0.2) is 86.0 Å². The van der Waals surface area contributed by atoms with E-state index in [1.165, 1.54) is 35.2 Å². The summed E-state index contributed by atoms with van der Waals surface area (Å²) in [7, 11) is 6.48. The van der Waals surface area contributed by atoms with Gasteiger partial charge in [0.2, 0.25) is 0 Å². The van der Waals surface area contributed by atoms with Crippen LogP contribution in [0.3, 0.4) is 0 Å². The summed E-state index contributed by atoms with van der Waals surface area (Å²) >= 11 is 0. The average molecular weight is 587 g/mol. The summed E-state index contributed by atoms with van der Waals surface area (Å²) in [6.45, 7) is 12.8. The summed E-state index contributed by atoms with van der Waals surface area (Å²) in [6, 6.07) is 17.8. The summed E-state index contributed by atoms with van der Waals surface area (Å²) in [4.78, 5) is 24.4. The van der Waals surface area contributed by atoms with Crippen molar-refractivity contribution in [2.24, 2.45) is 16.8 Å². The highest BCUT2D eigenvalue weighted by Crippen LogP contribution is 2.29. The number of amides is 1. The third-order valence-electron chi connectivity index (χ3n) is 8.53. The molecule has 0 aromatic heterocycles. The maximum atomic E-state index is 12.9. The fourth-order valence-corrected chi connectivity index (χ4v) is 5.79. The van der Waals surface area contributed by atoms with Crippen molar-refractivity contribution in [1.29, 1.82) is 0 Å². The zero-order chi connectivity index (χ0) is 31.0. The standard InChI is InChI=1S/C37H54N4O2/c1-28-8-19-35(41(27-28)36(42)43-37(2,3)4)33-16-11-30(12-17-33)21-24-40(7)25-22-31-13-18-34(38-26-31)32-14-9-29(10-15-32)20-23-39(5)6/h9-12,14-17,19,28,31H,8,13,18,20-27H2,1-7H3/t28-,31+/m0/s1. The minimum absolute atomic E-state index is 0.263. The number of allylic oxidation sites excluding steroid dienone is 1. The third kappa shape index (κ3) is 10.3. The van der Waals surface area contributed by atoms with Gasteiger partial charge < -0.3 is 14.5 Å². The van der Waals surface area contributed by atoms with E-state index in [2.05, 4.69) is 92.5 Å². The van der Waals surface area contributed by atoms with Gasteiger partial charge in [-0.1, -0.05) is 61.5 Å². The molecule has 0 radical (unpaired) electrons. The van der Waals surface area contributed by atoms with Crippen molar-refractivity contribution in [1.82, 2.24) is 14.7 Å². The van der Waals surface area contributed by atoms with Crippen LogP contribution in [0.25, 0.3) is 5.70 Å². The molecule has 4 rings (SSSR count). The van der Waals surface area contributed by atoms with Gasteiger partial charge in [0.25, 0.3) is 0 Å². The highest BCUT2D eigenvalue weighted by molar-refractivity contribution is 6.00. The van der Waals surface area contributed by atoms with E-state index >= 15 is 0 Å². The minimum Gasteiger partial charge on any atom is -0.443 e. The lowest BCUT2D eigenvalue weighted by molar-refractivity contribution is 0.0327. The van der Waals surface area contributed by atoms with Crippen LogP contribution in [0.2, 0.25) is 0 Å². The number of nitrogens with zero attached hydrogens (tertiary/aromatic N) is 4. The van der Waals surface area contributed by atoms with Crippen LogP contribution in [0.5, 0.6) is 0 Å². The van der Waals surface area contributed by atoms with Gasteiger partial charge in [-0.05, 0) is 121 Å². The topological polar surface area (TPSA) is 48.4 Å². The van der Waals surface area contributed by atoms with Crippen LogP contribution in [0, 0.1) is 11.8 Å². The average Bonchev–Trinajstić information content (AvgIpc) is 2.98. The van der Waals surface area contributed by atoms with Crippen LogP contribution in [-0.2, 0) is 17.6 Å². The van der Waals surface area contributed by atoms with Crippen LogP contribution in [0.4, 0.5) is 4.79 Å². The second-order valence-electron chi connectivity index (χ2n) is 14.0. The summed E-state index contributed by atoms with van der Waals surface area (Å²) in [6.07, 6.45) is 8.50. The molecule has 234 valence electrons. The number of hydrogen-bond acceptors (Lipinski definition) is 5. The Labute approximate surface area is 260 Å². The Hall–Kier alpha value is -2.96. The molecule has 0 saturated heterocycles. The van der Waals surface area contributed by atoms with Crippen molar-refractivity contribution in [2.75, 3.05) is 53.9 Å². The van der Waals surface area contributed by atoms with Crippen molar-refractivity contribution in [3.05, 3.63) is 76.9 Å². The van der Waals surface area contributed by atoms with Crippen LogP contribution in [0.1, 0.15) is 75.6 Å². The molecule has 0 spiro atoms. The van der Waals surface area contributed by atoms with E-state index in [9.17, 15) is 4.79 Å². The number of hydrogen-bond donors (Lipinski definition) is 0. The Kier molecular flexibility index (Phi) is 11.6. The van der Waals surface area contributed by atoms with E-state index in [-0.39, 0.29) is 6.09 Å². The molecule has 0 fully saturated rings. The Balaban J connectivity index is 1.21. The van der Waals surface area contributed by atoms with Gasteiger partial charge in [-0.15, -0.1) is 0 Å². The van der Waals surface area contributed by atoms with Crippen LogP contribution >= 0.6 is 0 Å². The lowest BCUT2D eigenvalue weighted by Gasteiger charge is -2.34. The zero-order valence-corrected chi connectivity index (χ0v) is 27.7. The first-order chi connectivity index (χ1) is 20.5. The van der Waals surface area contributed by atoms with E-state index in [0.717, 1.165) is 63.1 Å². The maximum Gasteiger partial charge on any atom is 0.414 e. The van der Waals surface area contributed by atoms with E-state index in [1.807, 2.05) is 25.7 Å². The molecule has 0 unspecified atom stereocenters. The van der Waals surface area contributed by atoms with Crippen molar-refractivity contribution >= 4 is 17.5 Å². The molecule has 2 aromatic carbocycles. The predicted octanol–water partition coefficient (Wildman–Crippen LogP) is 7.17. The second kappa shape index (κ2) is 15.2. The van der Waals surface area contributed by atoms with Crippen molar-refractivity contribution in [3.63, 3.8) is 0 Å². The van der Waals surface area contributed by atoms with Crippen molar-refractivity contribution in [3.8, 4) is 0 Å². The molecule has 0 N–H and O–H groups in total. The summed E-state index contributed by atoms with van der Waals surface area (Å²) in [5, 5.41) is 0. The number of aliphatic imine (C=N–C) groups is 1. The molecule has 0 aliphatic carbocycles. The molecule has 2 heterocycles. The summed E-state index contributed by atoms with van der Waals surface area (Å²) in [5.41, 5.74) is 6.82. The smallest absolute Gasteiger partial charge is 0.414 e. The molecule has 2 aliphatic rings. The van der Waals surface area contributed by atoms with E-state index in [0.29, 0.717) is 18.4 Å². The monoisotopic (exact) mass is 586 g/mol. The lowest BCUT2D eigenvalue weighted by atomic mass is 9.91. The molecule has 0 bridgehead atoms. The van der Waals surface area contributed by atoms with Gasteiger partial charge in [0.05, 0.1) is 5.70 Å². The van der Waals surface area contributed by atoms with E-state index in [4.69, 9.17) is 9.73 Å². The van der Waals surface area contributed by atoms with E-state index < -0.39 is 5.60 Å². The molecule has 2 aliphatic heterocycles. The van der Waals surface area contributed by atoms with Crippen LogP contribution in [0.15, 0.2) is 59.6 Å². The molecule has 6 nitrogen and oxygen atoms in total. The first-order valence-corrected chi connectivity index (χ1v) is 16.2. The molecule has 1 amide bonds. The first kappa shape index (κ1) is 32.9. The Morgan fingerprint density at radius 2 is 1.56 bits per heavy atom. The van der Waals surface area contributed by atoms with Gasteiger partial charge in [-0.25, -0.2) is 4.79 Å². The highest BCUT2D eigenvalue weighted by Gasteiger charge is 2.29. The number of carbonyl (C=O) groups excluding carboxylic acids is 1. The number of ether oxygens (including phenoxy) is 1. The molecule has 2 aromatic rings. The van der Waals surface area contributed by atoms with Crippen LogP contribution < -0.4 is 0 Å². The summed E-state index contributed by atoms with van der Waals surface area (Å²) in [5.74, 6) is 1.09. The first-order valence-electron chi connectivity index (χ1n) is 16.2. The fraction of sp³-hybridized carbons (Fsp3) is 0.568. The largest absolute Gasteiger partial charge is 0.443 e. The number of benzene rings is 2. The fourth-order valence-electron chi connectivity index (χ4n) is 5.79. The lowest BCUT2D eigenvalue weighted by Crippen LogP contribution is -2.39. The zero-order valence-electron chi connectivity index (χ0n) is 27.7. The Bertz CT molecular complexity index is 1240.